The molecule has 0 aromatic heterocycles. The fourth-order valence-corrected chi connectivity index (χ4v) is 0. The zero-order chi connectivity index (χ0) is 2.71. The average molecular weight is 116 g/mol. The fraction of sp³-hybridized carbons (Fsp3) is 0. The molecule has 0 aromatic carbocycles. The Morgan fingerprint density at radius 3 is 1.75 bits per heavy atom. The van der Waals surface area contributed by atoms with E-state index in [-0.39, 0.29) is 33.0 Å². The van der Waals surface area contributed by atoms with Crippen LogP contribution in [-0.4, -0.2) is 4.66 Å². The maximum atomic E-state index is 8.35. The molecule has 0 rings (SSSR count). The standard InChI is InChI=1S/ClHO2.Ti/c2-1-3;/h2H;. The van der Waals surface area contributed by atoms with Crippen molar-refractivity contribution in [2.45, 2.75) is 0 Å². The minimum Gasteiger partial charge on any atom is -0.506 e. The number of hydrogen-bond acceptors (Lipinski definition) is 2. The molecule has 4 heavy (non-hydrogen) atoms. The fourth-order valence-electron chi connectivity index (χ4n) is 0. The Labute approximate surface area is 42.8 Å². The van der Waals surface area contributed by atoms with E-state index in [1.807, 2.05) is 0 Å². The van der Waals surface area contributed by atoms with Gasteiger partial charge in [-0.25, -0.2) is 0 Å². The molecule has 0 heterocycles. The van der Waals surface area contributed by atoms with Crippen LogP contribution in [0.3, 0.4) is 0 Å². The third-order valence-corrected chi connectivity index (χ3v) is 0. The van der Waals surface area contributed by atoms with Crippen molar-refractivity contribution in [2.24, 2.45) is 0 Å². The van der Waals surface area contributed by atoms with E-state index in [9.17, 15) is 0 Å². The maximum Gasteiger partial charge on any atom is 0.327 e. The molecule has 0 aliphatic carbocycles. The Hall–Kier alpha value is 0.924. The summed E-state index contributed by atoms with van der Waals surface area (Å²) in [6.45, 7) is 0. The summed E-state index contributed by atoms with van der Waals surface area (Å²) in [5, 5.41) is 0. The summed E-state index contributed by atoms with van der Waals surface area (Å²) >= 11 is -0.167. The van der Waals surface area contributed by atoms with Gasteiger partial charge < -0.3 is 4.66 Å². The van der Waals surface area contributed by atoms with E-state index in [1.165, 1.54) is 0 Å². The molecule has 0 aromatic rings. The van der Waals surface area contributed by atoms with Gasteiger partial charge >= 0.3 is 11.3 Å². The quantitative estimate of drug-likeness (QED) is 0.382. The van der Waals surface area contributed by atoms with Gasteiger partial charge in [-0.1, -0.05) is 0 Å². The Morgan fingerprint density at radius 2 is 1.75 bits per heavy atom. The van der Waals surface area contributed by atoms with Crippen LogP contribution in [0.5, 0.6) is 0 Å². The second-order valence-electron chi connectivity index (χ2n) is 0.0690. The number of rotatable bonds is 0. The average Bonchev–Trinajstić information content (AvgIpc) is 0.918. The molecule has 0 saturated heterocycles. The second kappa shape index (κ2) is 9.06. The van der Waals surface area contributed by atoms with Crippen LogP contribution in [0.25, 0.3) is 0 Å². The summed E-state index contributed by atoms with van der Waals surface area (Å²) in [5.41, 5.74) is 0. The van der Waals surface area contributed by atoms with E-state index in [0.717, 1.165) is 0 Å². The molecule has 1 N–H and O–H groups in total. The van der Waals surface area contributed by atoms with Crippen LogP contribution < -0.4 is 4.66 Å². The molecule has 0 aliphatic heterocycles. The van der Waals surface area contributed by atoms with E-state index in [4.69, 9.17) is 9.32 Å². The van der Waals surface area contributed by atoms with Crippen molar-refractivity contribution >= 4 is 0 Å². The summed E-state index contributed by atoms with van der Waals surface area (Å²) < 4.78 is 15.2. The predicted octanol–water partition coefficient (Wildman–Crippen LogP) is -1.75. The van der Waals surface area contributed by atoms with E-state index >= 15 is 0 Å². The predicted molar refractivity (Wildman–Crippen MR) is 2.22 cm³/mol. The van der Waals surface area contributed by atoms with Crippen LogP contribution in [0, 0.1) is 11.3 Å². The summed E-state index contributed by atoms with van der Waals surface area (Å²) in [6.07, 6.45) is 0. The minimum atomic E-state index is -0.167. The SMILES string of the molecule is [O-][Cl+]O.[Ti]. The molecule has 2 nitrogen and oxygen atoms in total. The van der Waals surface area contributed by atoms with Crippen molar-refractivity contribution in [1.29, 1.82) is 0 Å². The number of hydrogen-bond donors (Lipinski definition) is 1. The molecular formula is HClO2Ti. The summed E-state index contributed by atoms with van der Waals surface area (Å²) in [7, 11) is 0. The third-order valence-electron chi connectivity index (χ3n) is 0. The molecule has 0 radical (unpaired) electrons. The molecule has 0 aliphatic rings. The molecular weight excluding hydrogens is 115 g/mol. The van der Waals surface area contributed by atoms with E-state index < -0.39 is 0 Å². The Balaban J connectivity index is 0. The van der Waals surface area contributed by atoms with E-state index in [1.54, 1.807) is 0 Å². The number of halogens is 1. The van der Waals surface area contributed by atoms with Gasteiger partial charge in [0.25, 0.3) is 0 Å². The molecule has 24 valence electrons. The van der Waals surface area contributed by atoms with Gasteiger partial charge in [-0.3, -0.25) is 0 Å². The zero-order valence-corrected chi connectivity index (χ0v) is 4.05. The monoisotopic (exact) mass is 116 g/mol. The van der Waals surface area contributed by atoms with Crippen LogP contribution in [-0.2, 0) is 21.7 Å². The van der Waals surface area contributed by atoms with Crippen LogP contribution in [0.2, 0.25) is 0 Å². The van der Waals surface area contributed by atoms with Crippen LogP contribution in [0.4, 0.5) is 0 Å². The van der Waals surface area contributed by atoms with Crippen molar-refractivity contribution in [3.05, 3.63) is 0 Å². The molecule has 0 bridgehead atoms. The molecule has 0 unspecified atom stereocenters. The first kappa shape index (κ1) is 8.87. The van der Waals surface area contributed by atoms with Crippen molar-refractivity contribution in [3.63, 3.8) is 0 Å². The van der Waals surface area contributed by atoms with Gasteiger partial charge in [-0.05, 0) is 0 Å². The molecule has 0 atom stereocenters. The molecule has 0 fully saturated rings. The van der Waals surface area contributed by atoms with Crippen LogP contribution >= 0.6 is 0 Å². The second-order valence-corrected chi connectivity index (χ2v) is 0.207. The first-order chi connectivity index (χ1) is 1.41. The smallest absolute Gasteiger partial charge is 0.327 e. The van der Waals surface area contributed by atoms with Crippen LogP contribution in [0.1, 0.15) is 0 Å². The zero-order valence-electron chi connectivity index (χ0n) is 1.73. The first-order valence-electron chi connectivity index (χ1n) is 0.323. The maximum absolute atomic E-state index is 8.35. The Kier molecular flexibility index (Phi) is 20.1. The molecule has 0 spiro atoms. The van der Waals surface area contributed by atoms with Gasteiger partial charge in [0, 0.05) is 21.7 Å². The summed E-state index contributed by atoms with van der Waals surface area (Å²) in [4.78, 5) is 0. The van der Waals surface area contributed by atoms with Gasteiger partial charge in [0.1, 0.15) is 0 Å². The minimum absolute atomic E-state index is 0. The van der Waals surface area contributed by atoms with Gasteiger partial charge in [0.05, 0.1) is 0 Å². The third kappa shape index (κ3) is 12.7. The topological polar surface area (TPSA) is 43.3 Å². The van der Waals surface area contributed by atoms with Gasteiger partial charge in [-0.15, -0.1) is 4.66 Å². The molecule has 0 saturated carbocycles. The van der Waals surface area contributed by atoms with Crippen molar-refractivity contribution in [3.8, 4) is 0 Å². The Bertz CT molecular complexity index is 6.00. The normalized spacial score (nSPS) is 4.50. The van der Waals surface area contributed by atoms with Gasteiger partial charge in [0.2, 0.25) is 0 Å². The van der Waals surface area contributed by atoms with Crippen molar-refractivity contribution < 1.29 is 42.4 Å². The summed E-state index contributed by atoms with van der Waals surface area (Å²) in [5.74, 6) is 0. The van der Waals surface area contributed by atoms with Crippen LogP contribution in [0.15, 0.2) is 0 Å². The van der Waals surface area contributed by atoms with E-state index in [2.05, 4.69) is 0 Å². The molecule has 4 heteroatoms. The summed E-state index contributed by atoms with van der Waals surface area (Å²) in [6, 6.07) is 0. The van der Waals surface area contributed by atoms with Gasteiger partial charge in [-0.2, -0.15) is 0 Å². The Morgan fingerprint density at radius 1 is 1.75 bits per heavy atom. The van der Waals surface area contributed by atoms with Crippen molar-refractivity contribution in [2.75, 3.05) is 0 Å². The largest absolute Gasteiger partial charge is 0.506 e. The van der Waals surface area contributed by atoms with Crippen molar-refractivity contribution in [1.82, 2.24) is 0 Å². The molecule has 0 amide bonds. The first-order valence-corrected chi connectivity index (χ1v) is 0.970. The van der Waals surface area contributed by atoms with Gasteiger partial charge in [0.15, 0.2) is 0 Å². The van der Waals surface area contributed by atoms with E-state index in [0.29, 0.717) is 0 Å².